The van der Waals surface area contributed by atoms with Crippen molar-refractivity contribution in [1.29, 1.82) is 0 Å². The van der Waals surface area contributed by atoms with Crippen LogP contribution in [0.2, 0.25) is 0 Å². The lowest BCUT2D eigenvalue weighted by molar-refractivity contribution is -0.0439. The van der Waals surface area contributed by atoms with Crippen LogP contribution in [0.4, 0.5) is 15.4 Å². The number of carbonyl (C=O) groups excluding carboxylic acids is 2. The van der Waals surface area contributed by atoms with Gasteiger partial charge in [0.1, 0.15) is 17.3 Å². The quantitative estimate of drug-likeness (QED) is 0.654. The Morgan fingerprint density at radius 1 is 1.16 bits per heavy atom. The van der Waals surface area contributed by atoms with E-state index in [0.29, 0.717) is 43.6 Å². The van der Waals surface area contributed by atoms with Gasteiger partial charge in [-0.1, -0.05) is 0 Å². The van der Waals surface area contributed by atoms with Gasteiger partial charge in [-0.3, -0.25) is 15.0 Å². The van der Waals surface area contributed by atoms with Crippen LogP contribution in [0.15, 0.2) is 49.1 Å². The molecule has 0 saturated carbocycles. The summed E-state index contributed by atoms with van der Waals surface area (Å²) in [5.74, 6) is 1.42. The Labute approximate surface area is 183 Å². The first-order valence-corrected chi connectivity index (χ1v) is 10.1. The minimum atomic E-state index is -0.505. The molecular weight excluding hydrogens is 414 g/mol. The standard InChI is InChI=1S/C21H21N7O4/c1-26-11-14(9-24-26)18-8-16(4-5-22-18)32-17-2-3-19(23-10-17)25-20(29)28-7-6-27(21(28)30)15-12-31-13-15/h2-5,8-11,15H,6-7,12-13H2,1H3,(H,23,25,29). The SMILES string of the molecule is Cn1cc(-c2cc(Oc3ccc(NC(=O)N4CCN(C5COC5)C4=O)nc3)ccn2)cn1. The topological polar surface area (TPSA) is 115 Å². The molecule has 3 aromatic rings. The lowest BCUT2D eigenvalue weighted by Crippen LogP contribution is -2.51. The van der Waals surface area contributed by atoms with Crippen LogP contribution >= 0.6 is 0 Å². The first kappa shape index (κ1) is 19.9. The van der Waals surface area contributed by atoms with Gasteiger partial charge in [-0.05, 0) is 18.2 Å². The highest BCUT2D eigenvalue weighted by Gasteiger charge is 2.39. The second-order valence-corrected chi connectivity index (χ2v) is 7.51. The van der Waals surface area contributed by atoms with Crippen LogP contribution < -0.4 is 10.1 Å². The Balaban J connectivity index is 1.20. The molecule has 0 radical (unpaired) electrons. The van der Waals surface area contributed by atoms with Crippen LogP contribution in [-0.4, -0.2) is 74.0 Å². The van der Waals surface area contributed by atoms with E-state index < -0.39 is 6.03 Å². The zero-order chi connectivity index (χ0) is 22.1. The molecular formula is C21H21N7O4. The number of ether oxygens (including phenoxy) is 2. The highest BCUT2D eigenvalue weighted by molar-refractivity contribution is 6.01. The van der Waals surface area contributed by atoms with Gasteiger partial charge in [0.2, 0.25) is 0 Å². The van der Waals surface area contributed by atoms with Gasteiger partial charge in [0.25, 0.3) is 0 Å². The molecule has 5 rings (SSSR count). The minimum Gasteiger partial charge on any atom is -0.456 e. The van der Waals surface area contributed by atoms with E-state index in [-0.39, 0.29) is 12.1 Å². The van der Waals surface area contributed by atoms with Crippen LogP contribution in [0, 0.1) is 0 Å². The molecule has 5 heterocycles. The summed E-state index contributed by atoms with van der Waals surface area (Å²) in [5, 5.41) is 6.81. The van der Waals surface area contributed by atoms with E-state index in [1.54, 1.807) is 40.2 Å². The number of nitrogens with zero attached hydrogens (tertiary/aromatic N) is 6. The average molecular weight is 435 g/mol. The van der Waals surface area contributed by atoms with Gasteiger partial charge < -0.3 is 14.4 Å². The second-order valence-electron chi connectivity index (χ2n) is 7.51. The molecule has 4 amide bonds. The largest absolute Gasteiger partial charge is 0.456 e. The number of hydrogen-bond donors (Lipinski definition) is 1. The molecule has 0 aromatic carbocycles. The van der Waals surface area contributed by atoms with Crippen molar-refractivity contribution in [2.45, 2.75) is 6.04 Å². The summed E-state index contributed by atoms with van der Waals surface area (Å²) in [5.41, 5.74) is 1.62. The van der Waals surface area contributed by atoms with E-state index in [4.69, 9.17) is 9.47 Å². The van der Waals surface area contributed by atoms with Crippen molar-refractivity contribution < 1.29 is 19.1 Å². The molecule has 0 spiro atoms. The molecule has 1 N–H and O–H groups in total. The number of nitrogens with one attached hydrogen (secondary N) is 1. The van der Waals surface area contributed by atoms with Crippen molar-refractivity contribution in [3.05, 3.63) is 49.1 Å². The third-order valence-corrected chi connectivity index (χ3v) is 5.29. The highest BCUT2D eigenvalue weighted by atomic mass is 16.5. The van der Waals surface area contributed by atoms with Crippen molar-refractivity contribution in [1.82, 2.24) is 29.5 Å². The van der Waals surface area contributed by atoms with E-state index in [9.17, 15) is 9.59 Å². The van der Waals surface area contributed by atoms with Gasteiger partial charge in [-0.2, -0.15) is 5.10 Å². The Morgan fingerprint density at radius 3 is 2.72 bits per heavy atom. The summed E-state index contributed by atoms with van der Waals surface area (Å²) >= 11 is 0. The summed E-state index contributed by atoms with van der Waals surface area (Å²) in [6.45, 7) is 1.88. The Bertz CT molecular complexity index is 1140. The van der Waals surface area contributed by atoms with Gasteiger partial charge in [0.15, 0.2) is 0 Å². The predicted octanol–water partition coefficient (Wildman–Crippen LogP) is 2.34. The maximum Gasteiger partial charge on any atom is 0.331 e. The number of urea groups is 2. The highest BCUT2D eigenvalue weighted by Crippen LogP contribution is 2.26. The van der Waals surface area contributed by atoms with Crippen LogP contribution in [-0.2, 0) is 11.8 Å². The fraction of sp³-hybridized carbons (Fsp3) is 0.286. The molecule has 0 unspecified atom stereocenters. The van der Waals surface area contributed by atoms with Crippen molar-refractivity contribution in [2.24, 2.45) is 7.05 Å². The zero-order valence-corrected chi connectivity index (χ0v) is 17.3. The van der Waals surface area contributed by atoms with Crippen LogP contribution in [0.1, 0.15) is 0 Å². The first-order chi connectivity index (χ1) is 15.6. The van der Waals surface area contributed by atoms with E-state index in [0.717, 1.165) is 11.3 Å². The first-order valence-electron chi connectivity index (χ1n) is 10.1. The van der Waals surface area contributed by atoms with E-state index in [1.807, 2.05) is 19.3 Å². The number of anilines is 1. The summed E-state index contributed by atoms with van der Waals surface area (Å²) in [7, 11) is 1.84. The predicted molar refractivity (Wildman–Crippen MR) is 113 cm³/mol. The van der Waals surface area contributed by atoms with E-state index in [2.05, 4.69) is 20.4 Å². The third kappa shape index (κ3) is 3.97. The van der Waals surface area contributed by atoms with Crippen LogP contribution in [0.25, 0.3) is 11.3 Å². The molecule has 0 aliphatic carbocycles. The summed E-state index contributed by atoms with van der Waals surface area (Å²) in [6.07, 6.45) is 6.76. The van der Waals surface area contributed by atoms with Crippen molar-refractivity contribution >= 4 is 17.9 Å². The van der Waals surface area contributed by atoms with E-state index in [1.165, 1.54) is 11.1 Å². The summed E-state index contributed by atoms with van der Waals surface area (Å²) < 4.78 is 12.7. The Hall–Kier alpha value is -3.99. The normalized spacial score (nSPS) is 16.2. The van der Waals surface area contributed by atoms with Crippen molar-refractivity contribution in [3.63, 3.8) is 0 Å². The molecule has 2 fully saturated rings. The number of pyridine rings is 2. The number of aryl methyl sites for hydroxylation is 1. The van der Waals surface area contributed by atoms with Crippen LogP contribution in [0.3, 0.4) is 0 Å². The average Bonchev–Trinajstić information content (AvgIpc) is 3.35. The molecule has 32 heavy (non-hydrogen) atoms. The van der Waals surface area contributed by atoms with Gasteiger partial charge in [0, 0.05) is 44.2 Å². The molecule has 3 aromatic heterocycles. The smallest absolute Gasteiger partial charge is 0.331 e. The summed E-state index contributed by atoms with van der Waals surface area (Å²) in [6, 6.07) is 6.11. The third-order valence-electron chi connectivity index (χ3n) is 5.29. The Morgan fingerprint density at radius 2 is 2.03 bits per heavy atom. The fourth-order valence-electron chi connectivity index (χ4n) is 3.50. The van der Waals surface area contributed by atoms with Gasteiger partial charge >= 0.3 is 12.1 Å². The fourth-order valence-corrected chi connectivity index (χ4v) is 3.50. The number of rotatable bonds is 5. The van der Waals surface area contributed by atoms with Crippen LogP contribution in [0.5, 0.6) is 11.5 Å². The second kappa shape index (κ2) is 8.27. The molecule has 2 aliphatic heterocycles. The summed E-state index contributed by atoms with van der Waals surface area (Å²) in [4.78, 5) is 36.4. The lowest BCUT2D eigenvalue weighted by Gasteiger charge is -2.33. The number of imide groups is 1. The monoisotopic (exact) mass is 435 g/mol. The molecule has 0 bridgehead atoms. The number of carbonyl (C=O) groups is 2. The van der Waals surface area contributed by atoms with Gasteiger partial charge in [0.05, 0.1) is 37.3 Å². The minimum absolute atomic E-state index is 0.0571. The molecule has 164 valence electrons. The maximum atomic E-state index is 12.5. The molecule has 2 saturated heterocycles. The molecule has 11 heteroatoms. The molecule has 2 aliphatic rings. The molecule has 0 atom stereocenters. The van der Waals surface area contributed by atoms with Gasteiger partial charge in [-0.25, -0.2) is 19.5 Å². The zero-order valence-electron chi connectivity index (χ0n) is 17.3. The number of hydrogen-bond acceptors (Lipinski definition) is 7. The lowest BCUT2D eigenvalue weighted by atomic mass is 10.2. The van der Waals surface area contributed by atoms with E-state index >= 15 is 0 Å². The maximum absolute atomic E-state index is 12.5. The number of aromatic nitrogens is 4. The Kier molecular flexibility index (Phi) is 5.15. The molecule has 11 nitrogen and oxygen atoms in total. The van der Waals surface area contributed by atoms with Gasteiger partial charge in [-0.15, -0.1) is 0 Å². The van der Waals surface area contributed by atoms with Crippen molar-refractivity contribution in [3.8, 4) is 22.8 Å². The van der Waals surface area contributed by atoms with Crippen molar-refractivity contribution in [2.75, 3.05) is 31.6 Å². The number of amides is 4.